The van der Waals surface area contributed by atoms with E-state index >= 15 is 0 Å². The van der Waals surface area contributed by atoms with Gasteiger partial charge in [0.2, 0.25) is 0 Å². The van der Waals surface area contributed by atoms with Crippen molar-refractivity contribution < 1.29 is 24.2 Å². The van der Waals surface area contributed by atoms with Crippen molar-refractivity contribution in [3.8, 4) is 0 Å². The molecule has 1 atom stereocenters. The number of esters is 2. The van der Waals surface area contributed by atoms with Crippen LogP contribution in [0.25, 0.3) is 0 Å². The molecule has 5 heteroatoms. The molecule has 0 spiro atoms. The average Bonchev–Trinajstić information content (AvgIpc) is 3.49. The van der Waals surface area contributed by atoms with Gasteiger partial charge in [-0.2, -0.15) is 0 Å². The fourth-order valence-electron chi connectivity index (χ4n) is 12.1. The first-order chi connectivity index (χ1) is 40.6. The highest BCUT2D eigenvalue weighted by Crippen LogP contribution is 2.20. The summed E-state index contributed by atoms with van der Waals surface area (Å²) in [5, 5.41) is 9.72. The topological polar surface area (TPSA) is 72.8 Å². The zero-order valence-corrected chi connectivity index (χ0v) is 56.1. The summed E-state index contributed by atoms with van der Waals surface area (Å²) in [7, 11) is 0. The van der Waals surface area contributed by atoms with Crippen LogP contribution in [0.15, 0.2) is 24.3 Å². The van der Waals surface area contributed by atoms with Gasteiger partial charge in [-0.05, 0) is 44.9 Å². The molecule has 0 saturated carbocycles. The lowest BCUT2D eigenvalue weighted by molar-refractivity contribution is -0.161. The van der Waals surface area contributed by atoms with Crippen molar-refractivity contribution in [3.05, 3.63) is 24.3 Å². The largest absolute Gasteiger partial charge is 0.462 e. The Labute approximate surface area is 514 Å². The van der Waals surface area contributed by atoms with E-state index in [-0.39, 0.29) is 25.2 Å². The van der Waals surface area contributed by atoms with Gasteiger partial charge in [-0.25, -0.2) is 0 Å². The van der Waals surface area contributed by atoms with Gasteiger partial charge in [-0.1, -0.05) is 404 Å². The maximum absolute atomic E-state index is 12.4. The number of carbonyl (C=O) groups is 2. The van der Waals surface area contributed by atoms with Gasteiger partial charge in [-0.3, -0.25) is 9.59 Å². The molecule has 1 N–H and O–H groups in total. The van der Waals surface area contributed by atoms with E-state index in [1.54, 1.807) is 0 Å². The SMILES string of the molecule is CCCCCCC/C=C\C/C=C\CCCCCCCCCCCCCCCCCCCCCCCCCCCC(=O)OC(CO)COC(=O)CCCCCCCCCCCCCCCCCCCCCCCCCCCCCCCCC. The predicted molar refractivity (Wildman–Crippen MR) is 362 cm³/mol. The van der Waals surface area contributed by atoms with E-state index in [1.807, 2.05) is 0 Å². The summed E-state index contributed by atoms with van der Waals surface area (Å²) in [5.41, 5.74) is 0. The van der Waals surface area contributed by atoms with Crippen molar-refractivity contribution in [1.29, 1.82) is 0 Å². The second-order valence-electron chi connectivity index (χ2n) is 26.1. The molecule has 82 heavy (non-hydrogen) atoms. The third-order valence-electron chi connectivity index (χ3n) is 17.7. The van der Waals surface area contributed by atoms with Gasteiger partial charge in [0.15, 0.2) is 6.10 Å². The molecule has 0 aromatic carbocycles. The van der Waals surface area contributed by atoms with Crippen LogP contribution < -0.4 is 0 Å². The Bertz CT molecular complexity index is 1260. The molecule has 0 heterocycles. The van der Waals surface area contributed by atoms with E-state index in [9.17, 15) is 14.7 Å². The molecule has 0 rings (SSSR count). The highest BCUT2D eigenvalue weighted by molar-refractivity contribution is 5.70. The Hall–Kier alpha value is -1.62. The normalized spacial score (nSPS) is 12.2. The molecule has 0 aromatic rings. The lowest BCUT2D eigenvalue weighted by atomic mass is 10.0. The summed E-state index contributed by atoms with van der Waals surface area (Å²) < 4.78 is 10.8. The van der Waals surface area contributed by atoms with Crippen LogP contribution in [0, 0.1) is 0 Å². The van der Waals surface area contributed by atoms with Crippen LogP contribution in [-0.4, -0.2) is 36.4 Å². The minimum absolute atomic E-state index is 0.0569. The van der Waals surface area contributed by atoms with Crippen LogP contribution in [0.4, 0.5) is 0 Å². The van der Waals surface area contributed by atoms with E-state index < -0.39 is 6.10 Å². The Balaban J connectivity index is 3.35. The number of unbranched alkanes of at least 4 members (excludes halogenated alkanes) is 60. The smallest absolute Gasteiger partial charge is 0.306 e. The summed E-state index contributed by atoms with van der Waals surface area (Å²) in [6, 6.07) is 0. The molecule has 0 aliphatic rings. The van der Waals surface area contributed by atoms with E-state index in [0.717, 1.165) is 38.5 Å². The second-order valence-corrected chi connectivity index (χ2v) is 26.1. The van der Waals surface area contributed by atoms with Gasteiger partial charge in [0, 0.05) is 12.8 Å². The molecule has 0 aliphatic heterocycles. The molecule has 1 unspecified atom stereocenters. The first-order valence-corrected chi connectivity index (χ1v) is 37.9. The first-order valence-electron chi connectivity index (χ1n) is 37.9. The minimum Gasteiger partial charge on any atom is -0.462 e. The van der Waals surface area contributed by atoms with Gasteiger partial charge in [0.1, 0.15) is 6.61 Å². The standard InChI is InChI=1S/C77H148O5/c1-3-5-7-9-11-13-15-17-19-21-23-25-27-29-31-33-35-36-37-38-39-40-42-44-46-48-50-52-54-56-58-60-62-64-66-68-70-72-77(80)82-75(73-78)74-81-76(79)71-69-67-65-63-61-59-57-55-53-51-49-47-45-43-41-34-32-30-28-26-24-22-20-18-16-14-12-10-8-6-4-2/h15,17,21,23,75,78H,3-14,16,18-20,22,24-74H2,1-2H3/b17-15-,23-21-. The quantitative estimate of drug-likeness (QED) is 0.0373. The molecule has 0 amide bonds. The molecule has 0 radical (unpaired) electrons. The number of carbonyl (C=O) groups excluding carboxylic acids is 2. The first kappa shape index (κ1) is 80.4. The van der Waals surface area contributed by atoms with Gasteiger partial charge in [-0.15, -0.1) is 0 Å². The molecule has 0 bridgehead atoms. The van der Waals surface area contributed by atoms with Crippen LogP contribution in [-0.2, 0) is 19.1 Å². The number of aliphatic hydroxyl groups excluding tert-OH is 1. The van der Waals surface area contributed by atoms with Crippen LogP contribution in [0.2, 0.25) is 0 Å². The monoisotopic (exact) mass is 1150 g/mol. The van der Waals surface area contributed by atoms with Gasteiger partial charge in [0.05, 0.1) is 6.61 Å². The Morgan fingerprint density at radius 2 is 0.488 bits per heavy atom. The van der Waals surface area contributed by atoms with E-state index in [0.29, 0.717) is 12.8 Å². The third-order valence-corrected chi connectivity index (χ3v) is 17.7. The summed E-state index contributed by atoms with van der Waals surface area (Å²) in [5.74, 6) is -0.560. The van der Waals surface area contributed by atoms with Crippen molar-refractivity contribution in [2.24, 2.45) is 0 Å². The summed E-state index contributed by atoms with van der Waals surface area (Å²) in [4.78, 5) is 24.7. The predicted octanol–water partition coefficient (Wildman–Crippen LogP) is 26.3. The zero-order chi connectivity index (χ0) is 59.1. The molecule has 0 aromatic heterocycles. The number of ether oxygens (including phenoxy) is 2. The molecule has 0 aliphatic carbocycles. The van der Waals surface area contributed by atoms with Crippen LogP contribution in [0.3, 0.4) is 0 Å². The molecule has 5 nitrogen and oxygen atoms in total. The highest BCUT2D eigenvalue weighted by atomic mass is 16.6. The zero-order valence-electron chi connectivity index (χ0n) is 56.1. The van der Waals surface area contributed by atoms with Crippen molar-refractivity contribution in [2.45, 2.75) is 444 Å². The fourth-order valence-corrected chi connectivity index (χ4v) is 12.1. The highest BCUT2D eigenvalue weighted by Gasteiger charge is 2.16. The fraction of sp³-hybridized carbons (Fsp3) is 0.922. The van der Waals surface area contributed by atoms with Crippen LogP contribution in [0.1, 0.15) is 438 Å². The second kappa shape index (κ2) is 73.6. The van der Waals surface area contributed by atoms with Crippen molar-refractivity contribution in [2.75, 3.05) is 13.2 Å². The lowest BCUT2D eigenvalue weighted by Crippen LogP contribution is -2.28. The van der Waals surface area contributed by atoms with Gasteiger partial charge in [0.25, 0.3) is 0 Å². The van der Waals surface area contributed by atoms with E-state index in [2.05, 4.69) is 38.2 Å². The van der Waals surface area contributed by atoms with Crippen molar-refractivity contribution >= 4 is 11.9 Å². The maximum atomic E-state index is 12.4. The Morgan fingerprint density at radius 3 is 0.720 bits per heavy atom. The van der Waals surface area contributed by atoms with Crippen molar-refractivity contribution in [1.82, 2.24) is 0 Å². The summed E-state index contributed by atoms with van der Waals surface area (Å²) in [6.07, 6.45) is 96.8. The third kappa shape index (κ3) is 70.9. The van der Waals surface area contributed by atoms with Crippen LogP contribution in [0.5, 0.6) is 0 Å². The van der Waals surface area contributed by atoms with Gasteiger partial charge >= 0.3 is 11.9 Å². The molecule has 0 saturated heterocycles. The number of hydrogen-bond donors (Lipinski definition) is 1. The lowest BCUT2D eigenvalue weighted by Gasteiger charge is -2.15. The number of rotatable bonds is 72. The van der Waals surface area contributed by atoms with E-state index in [4.69, 9.17) is 9.47 Å². The molecular weight excluding hydrogens is 1000 g/mol. The summed E-state index contributed by atoms with van der Waals surface area (Å²) >= 11 is 0. The average molecular weight is 1150 g/mol. The Morgan fingerprint density at radius 1 is 0.280 bits per heavy atom. The maximum Gasteiger partial charge on any atom is 0.306 e. The van der Waals surface area contributed by atoms with Crippen molar-refractivity contribution in [3.63, 3.8) is 0 Å². The van der Waals surface area contributed by atoms with Gasteiger partial charge < -0.3 is 14.6 Å². The summed E-state index contributed by atoms with van der Waals surface area (Å²) in [6.45, 7) is 4.21. The molecule has 0 fully saturated rings. The molecular formula is C77H148O5. The number of aliphatic hydroxyl groups is 1. The molecule has 486 valence electrons. The Kier molecular flexibility index (Phi) is 72.2. The number of hydrogen-bond acceptors (Lipinski definition) is 5. The van der Waals surface area contributed by atoms with Crippen LogP contribution >= 0.6 is 0 Å². The minimum atomic E-state index is -0.768. The van der Waals surface area contributed by atoms with E-state index in [1.165, 1.54) is 372 Å². The number of allylic oxidation sites excluding steroid dienone is 4.